The number of nitriles is 1. The Labute approximate surface area is 272 Å². The van der Waals surface area contributed by atoms with Gasteiger partial charge in [-0.3, -0.25) is 9.69 Å². The van der Waals surface area contributed by atoms with Gasteiger partial charge >= 0.3 is 0 Å². The average Bonchev–Trinajstić information content (AvgIpc) is 3.68. The number of hydrogen-bond acceptors (Lipinski definition) is 9. The highest BCUT2D eigenvalue weighted by molar-refractivity contribution is 7.23. The van der Waals surface area contributed by atoms with Crippen LogP contribution in [0.1, 0.15) is 49.3 Å². The number of nitrogens with one attached hydrogen (secondary N) is 2. The first-order chi connectivity index (χ1) is 21.9. The highest BCUT2D eigenvalue weighted by atomic mass is 35.5. The first-order valence-corrected chi connectivity index (χ1v) is 16.4. The number of fused-ring (bicyclic) bond motifs is 4. The Morgan fingerprint density at radius 2 is 1.96 bits per heavy atom. The minimum atomic E-state index is -0.895. The molecule has 0 aliphatic carbocycles. The molecule has 14 heteroatoms. The van der Waals surface area contributed by atoms with Crippen molar-refractivity contribution in [3.8, 4) is 17.2 Å². The predicted octanol–water partition coefficient (Wildman–Crippen LogP) is 5.39. The number of carbonyl (C=O) groups is 1. The lowest BCUT2D eigenvalue weighted by atomic mass is 9.97. The van der Waals surface area contributed by atoms with Crippen molar-refractivity contribution in [2.75, 3.05) is 43.4 Å². The SMILES string of the molecule is CC(C)(CN1CC[C@@H](F)C1)NC(=O)c1nc(N2CC3CCC(C2)N3)c2cc(Cl)c(-c3ccc(F)c4sc(N)c(C#N)c34)c(F)c2n1. The van der Waals surface area contributed by atoms with Gasteiger partial charge in [-0.25, -0.2) is 23.1 Å². The van der Waals surface area contributed by atoms with Crippen molar-refractivity contribution < 1.29 is 18.0 Å². The zero-order valence-corrected chi connectivity index (χ0v) is 26.8. The number of nitrogens with two attached hydrogens (primary N) is 1. The Bertz CT molecular complexity index is 1930. The van der Waals surface area contributed by atoms with Gasteiger partial charge in [0.05, 0.1) is 15.3 Å². The summed E-state index contributed by atoms with van der Waals surface area (Å²) in [6, 6.07) is 6.57. The van der Waals surface area contributed by atoms with Crippen LogP contribution in [0.15, 0.2) is 18.2 Å². The van der Waals surface area contributed by atoms with Gasteiger partial charge in [-0.05, 0) is 50.8 Å². The average molecular weight is 669 g/mol. The van der Waals surface area contributed by atoms with Crippen molar-refractivity contribution in [2.24, 2.45) is 0 Å². The van der Waals surface area contributed by atoms with Crippen LogP contribution in [0.5, 0.6) is 0 Å². The number of halogens is 4. The monoisotopic (exact) mass is 668 g/mol. The van der Waals surface area contributed by atoms with Crippen molar-refractivity contribution in [2.45, 2.75) is 56.9 Å². The van der Waals surface area contributed by atoms with Gasteiger partial charge in [0, 0.05) is 66.7 Å². The molecular weight excluding hydrogens is 637 g/mol. The molecule has 7 rings (SSSR count). The van der Waals surface area contributed by atoms with E-state index in [1.165, 1.54) is 12.1 Å². The third-order valence-electron chi connectivity index (χ3n) is 9.07. The number of amides is 1. The largest absolute Gasteiger partial charge is 0.389 e. The number of anilines is 2. The van der Waals surface area contributed by atoms with Crippen LogP contribution in [0.4, 0.5) is 24.0 Å². The smallest absolute Gasteiger partial charge is 0.289 e. The van der Waals surface area contributed by atoms with E-state index in [0.717, 1.165) is 24.2 Å². The molecule has 4 aromatic rings. The second-order valence-electron chi connectivity index (χ2n) is 13.1. The molecule has 9 nitrogen and oxygen atoms in total. The van der Waals surface area contributed by atoms with E-state index in [2.05, 4.69) is 15.6 Å². The van der Waals surface area contributed by atoms with Crippen molar-refractivity contribution in [1.29, 1.82) is 5.26 Å². The van der Waals surface area contributed by atoms with E-state index in [1.807, 2.05) is 29.7 Å². The topological polar surface area (TPSA) is 123 Å². The van der Waals surface area contributed by atoms with Gasteiger partial charge in [-0.1, -0.05) is 17.7 Å². The molecule has 3 aliphatic heterocycles. The molecule has 5 heterocycles. The summed E-state index contributed by atoms with van der Waals surface area (Å²) in [6.07, 6.45) is 1.54. The van der Waals surface area contributed by atoms with Gasteiger partial charge in [0.1, 0.15) is 34.4 Å². The number of thiophene rings is 1. The molecule has 0 radical (unpaired) electrons. The van der Waals surface area contributed by atoms with Crippen LogP contribution in [0.25, 0.3) is 32.1 Å². The fraction of sp³-hybridized carbons (Fsp3) is 0.438. The number of nitrogens with zero attached hydrogens (tertiary/aromatic N) is 5. The van der Waals surface area contributed by atoms with E-state index >= 15 is 4.39 Å². The van der Waals surface area contributed by atoms with Crippen LogP contribution >= 0.6 is 22.9 Å². The van der Waals surface area contributed by atoms with Gasteiger partial charge in [-0.15, -0.1) is 11.3 Å². The number of alkyl halides is 1. The van der Waals surface area contributed by atoms with Crippen LogP contribution in [-0.2, 0) is 0 Å². The lowest BCUT2D eigenvalue weighted by Gasteiger charge is -2.34. The molecule has 2 aromatic carbocycles. The third-order valence-corrected chi connectivity index (χ3v) is 10.4. The summed E-state index contributed by atoms with van der Waals surface area (Å²) in [6.45, 7) is 6.20. The first-order valence-electron chi connectivity index (χ1n) is 15.2. The highest BCUT2D eigenvalue weighted by Gasteiger charge is 2.36. The third kappa shape index (κ3) is 5.41. The highest BCUT2D eigenvalue weighted by Crippen LogP contribution is 2.45. The van der Waals surface area contributed by atoms with E-state index < -0.39 is 29.3 Å². The van der Waals surface area contributed by atoms with Crippen molar-refractivity contribution >= 4 is 60.7 Å². The standard InChI is InChI=1S/C32H32ClF3N8OS/c1-32(2,14-43-8-7-15(34)11-43)42-31(45)29-40-26-19(30(41-29)44-12-16-3-4-17(13-44)39-16)9-21(33)24(25(26)36)18-5-6-22(35)27-23(18)20(10-37)28(38)46-27/h5-6,9,15-17,39H,3-4,7-8,11-14,38H2,1-2H3,(H,42,45)/t15-,16?,17?/m1/s1. The Morgan fingerprint density at radius 3 is 2.63 bits per heavy atom. The molecule has 1 amide bonds. The molecule has 46 heavy (non-hydrogen) atoms. The number of nitrogen functional groups attached to an aromatic ring is 1. The summed E-state index contributed by atoms with van der Waals surface area (Å²) in [7, 11) is 0. The number of rotatable bonds is 6. The van der Waals surface area contributed by atoms with Gasteiger partial charge in [0.2, 0.25) is 5.82 Å². The fourth-order valence-corrected chi connectivity index (χ4v) is 8.38. The molecule has 3 saturated heterocycles. The molecule has 240 valence electrons. The Morgan fingerprint density at radius 1 is 1.22 bits per heavy atom. The molecular formula is C32H32ClF3N8OS. The van der Waals surface area contributed by atoms with E-state index in [9.17, 15) is 18.8 Å². The van der Waals surface area contributed by atoms with Crippen LogP contribution in [-0.4, -0.2) is 77.3 Å². The van der Waals surface area contributed by atoms with Crippen molar-refractivity contribution in [3.05, 3.63) is 46.2 Å². The number of hydrogen-bond donors (Lipinski definition) is 3. The molecule has 2 unspecified atom stereocenters. The second kappa shape index (κ2) is 11.5. The first kappa shape index (κ1) is 30.9. The maximum absolute atomic E-state index is 16.9. The van der Waals surface area contributed by atoms with Crippen LogP contribution in [0.3, 0.4) is 0 Å². The van der Waals surface area contributed by atoms with Crippen LogP contribution in [0, 0.1) is 23.0 Å². The maximum Gasteiger partial charge on any atom is 0.289 e. The summed E-state index contributed by atoms with van der Waals surface area (Å²) in [5, 5.41) is 17.0. The number of carbonyl (C=O) groups excluding carboxylic acids is 1. The fourth-order valence-electron chi connectivity index (χ4n) is 7.14. The van der Waals surface area contributed by atoms with Gasteiger partial charge in [0.25, 0.3) is 5.91 Å². The minimum absolute atomic E-state index is 0.0182. The zero-order chi connectivity index (χ0) is 32.5. The number of benzene rings is 2. The lowest BCUT2D eigenvalue weighted by Crippen LogP contribution is -2.52. The molecule has 2 bridgehead atoms. The lowest BCUT2D eigenvalue weighted by molar-refractivity contribution is 0.0882. The maximum atomic E-state index is 16.9. The van der Waals surface area contributed by atoms with Gasteiger partial charge in [-0.2, -0.15) is 5.26 Å². The molecule has 3 atom stereocenters. The Balaban J connectivity index is 1.37. The molecule has 3 fully saturated rings. The predicted molar refractivity (Wildman–Crippen MR) is 174 cm³/mol. The summed E-state index contributed by atoms with van der Waals surface area (Å²) in [4.78, 5) is 26.9. The van der Waals surface area contributed by atoms with E-state index in [-0.39, 0.29) is 60.2 Å². The second-order valence-corrected chi connectivity index (χ2v) is 14.5. The zero-order valence-electron chi connectivity index (χ0n) is 25.3. The van der Waals surface area contributed by atoms with E-state index in [1.54, 1.807) is 6.07 Å². The van der Waals surface area contributed by atoms with Gasteiger partial charge in [0.15, 0.2) is 5.82 Å². The molecule has 4 N–H and O–H groups in total. The summed E-state index contributed by atoms with van der Waals surface area (Å²) in [5.41, 5.74) is 5.29. The molecule has 2 aromatic heterocycles. The number of aromatic nitrogens is 2. The number of piperazine rings is 1. The summed E-state index contributed by atoms with van der Waals surface area (Å²) in [5.74, 6) is -1.85. The molecule has 0 spiro atoms. The quantitative estimate of drug-likeness (QED) is 0.250. The van der Waals surface area contributed by atoms with Crippen LogP contribution in [0.2, 0.25) is 5.02 Å². The van der Waals surface area contributed by atoms with E-state index in [0.29, 0.717) is 50.3 Å². The summed E-state index contributed by atoms with van der Waals surface area (Å²) >= 11 is 7.71. The minimum Gasteiger partial charge on any atom is -0.389 e. The van der Waals surface area contributed by atoms with E-state index in [4.69, 9.17) is 22.3 Å². The van der Waals surface area contributed by atoms with Crippen molar-refractivity contribution in [3.63, 3.8) is 0 Å². The Hall–Kier alpha value is -3.70. The van der Waals surface area contributed by atoms with Crippen LogP contribution < -0.4 is 21.3 Å². The number of likely N-dealkylation sites (tertiary alicyclic amines) is 1. The normalized spacial score (nSPS) is 21.8. The molecule has 0 saturated carbocycles. The summed E-state index contributed by atoms with van der Waals surface area (Å²) < 4.78 is 45.7. The van der Waals surface area contributed by atoms with Gasteiger partial charge < -0.3 is 21.3 Å². The van der Waals surface area contributed by atoms with Crippen molar-refractivity contribution in [1.82, 2.24) is 25.5 Å². The molecule has 3 aliphatic rings. The Kier molecular flexibility index (Phi) is 7.75.